The fraction of sp³-hybridized carbons (Fsp3) is 0.933. The lowest BCUT2D eigenvalue weighted by atomic mass is 9.96. The summed E-state index contributed by atoms with van der Waals surface area (Å²) in [7, 11) is 0. The molecule has 2 fully saturated rings. The van der Waals surface area contributed by atoms with E-state index in [0.717, 1.165) is 44.2 Å². The number of aliphatic imine (C=N–C) groups is 1. The summed E-state index contributed by atoms with van der Waals surface area (Å²) < 4.78 is 42.4. The number of hydrogen-bond donors (Lipinski definition) is 2. The average molecular weight is 368 g/mol. The predicted octanol–water partition coefficient (Wildman–Crippen LogP) is 1.70. The van der Waals surface area contributed by atoms with Crippen molar-refractivity contribution in [1.29, 1.82) is 0 Å². The molecule has 0 aromatic rings. The predicted molar refractivity (Wildman–Crippen MR) is 91.7 cm³/mol. The molecule has 9 heteroatoms. The van der Waals surface area contributed by atoms with Crippen LogP contribution in [0.4, 0.5) is 13.2 Å². The van der Waals surface area contributed by atoms with E-state index in [1.807, 2.05) is 18.7 Å². The summed E-state index contributed by atoms with van der Waals surface area (Å²) in [4.78, 5) is 7.04. The first-order chi connectivity index (χ1) is 11.5. The van der Waals surface area contributed by atoms with Gasteiger partial charge in [0.25, 0.3) is 0 Å². The van der Waals surface area contributed by atoms with Crippen molar-refractivity contribution in [2.45, 2.75) is 31.5 Å². The number of guanidine groups is 1. The Balaban J connectivity index is 1.95. The smallest absolute Gasteiger partial charge is 0.379 e. The van der Waals surface area contributed by atoms with Crippen LogP contribution in [0.3, 0.4) is 0 Å². The monoisotopic (exact) mass is 368 g/mol. The zero-order valence-electron chi connectivity index (χ0n) is 14.1. The molecule has 2 heterocycles. The average Bonchev–Trinajstić information content (AvgIpc) is 3.02. The SMILES string of the molecule is CCNC(=NCC1(N2CCOCC2)CCSC1)NCCC(F)(F)F. The standard InChI is InChI=1S/C15H27F3N4OS/c1-2-19-13(20-5-3-15(16,17)18)21-11-14(4-10-24-12-14)22-6-8-23-9-7-22/h2-12H2,1H3,(H2,19,20,21). The Morgan fingerprint density at radius 2 is 2.04 bits per heavy atom. The summed E-state index contributed by atoms with van der Waals surface area (Å²) in [5, 5.41) is 5.82. The van der Waals surface area contributed by atoms with E-state index in [0.29, 0.717) is 19.0 Å². The first-order valence-electron chi connectivity index (χ1n) is 8.45. The molecule has 24 heavy (non-hydrogen) atoms. The minimum absolute atomic E-state index is 0.000819. The Hall–Kier alpha value is -0.670. The third-order valence-electron chi connectivity index (χ3n) is 4.34. The summed E-state index contributed by atoms with van der Waals surface area (Å²) >= 11 is 1.92. The van der Waals surface area contributed by atoms with Gasteiger partial charge in [0.05, 0.1) is 31.7 Å². The summed E-state index contributed by atoms with van der Waals surface area (Å²) in [5.41, 5.74) is 0.000819. The van der Waals surface area contributed by atoms with Crippen molar-refractivity contribution >= 4 is 17.7 Å². The number of alkyl halides is 3. The first kappa shape index (κ1) is 19.7. The molecule has 0 aromatic carbocycles. The van der Waals surface area contributed by atoms with E-state index < -0.39 is 12.6 Å². The summed E-state index contributed by atoms with van der Waals surface area (Å²) in [5.74, 6) is 2.58. The number of morpholine rings is 1. The van der Waals surface area contributed by atoms with Crippen molar-refractivity contribution in [3.8, 4) is 0 Å². The number of ether oxygens (including phenoxy) is 1. The molecule has 0 aliphatic carbocycles. The Bertz CT molecular complexity index is 408. The molecule has 0 aromatic heterocycles. The van der Waals surface area contributed by atoms with Crippen molar-refractivity contribution in [3.05, 3.63) is 0 Å². The van der Waals surface area contributed by atoms with Gasteiger partial charge in [-0.1, -0.05) is 0 Å². The van der Waals surface area contributed by atoms with E-state index in [-0.39, 0.29) is 12.1 Å². The molecule has 0 bridgehead atoms. The van der Waals surface area contributed by atoms with Gasteiger partial charge in [0.1, 0.15) is 0 Å². The van der Waals surface area contributed by atoms with Gasteiger partial charge in [0.15, 0.2) is 5.96 Å². The Morgan fingerprint density at radius 3 is 2.62 bits per heavy atom. The zero-order chi connectivity index (χ0) is 17.5. The maximum Gasteiger partial charge on any atom is 0.390 e. The van der Waals surface area contributed by atoms with Gasteiger partial charge in [-0.05, 0) is 19.1 Å². The molecular weight excluding hydrogens is 341 g/mol. The third kappa shape index (κ3) is 6.00. The second kappa shape index (κ2) is 9.15. The Labute approximate surface area is 145 Å². The minimum Gasteiger partial charge on any atom is -0.379 e. The molecule has 2 aliphatic rings. The highest BCUT2D eigenvalue weighted by Gasteiger charge is 2.40. The Kier molecular flexibility index (Phi) is 7.49. The fourth-order valence-corrected chi connectivity index (χ4v) is 4.47. The van der Waals surface area contributed by atoms with Gasteiger partial charge in [-0.2, -0.15) is 24.9 Å². The van der Waals surface area contributed by atoms with Crippen molar-refractivity contribution in [2.75, 3.05) is 57.4 Å². The van der Waals surface area contributed by atoms with E-state index >= 15 is 0 Å². The highest BCUT2D eigenvalue weighted by Crippen LogP contribution is 2.34. The molecule has 2 saturated heterocycles. The van der Waals surface area contributed by atoms with Crippen molar-refractivity contribution in [2.24, 2.45) is 4.99 Å². The lowest BCUT2D eigenvalue weighted by molar-refractivity contribution is -0.132. The summed E-state index contributed by atoms with van der Waals surface area (Å²) in [6.45, 7) is 6.24. The van der Waals surface area contributed by atoms with Gasteiger partial charge in [0, 0.05) is 31.9 Å². The molecule has 1 unspecified atom stereocenters. The molecule has 0 saturated carbocycles. The molecule has 2 N–H and O–H groups in total. The van der Waals surface area contributed by atoms with E-state index in [4.69, 9.17) is 4.74 Å². The normalized spacial score (nSPS) is 26.6. The van der Waals surface area contributed by atoms with Crippen LogP contribution in [0.25, 0.3) is 0 Å². The quantitative estimate of drug-likeness (QED) is 0.552. The van der Waals surface area contributed by atoms with Crippen molar-refractivity contribution in [3.63, 3.8) is 0 Å². The molecule has 5 nitrogen and oxygen atoms in total. The first-order valence-corrected chi connectivity index (χ1v) is 9.60. The van der Waals surface area contributed by atoms with Crippen LogP contribution in [0.1, 0.15) is 19.8 Å². The molecule has 140 valence electrons. The van der Waals surface area contributed by atoms with Crippen LogP contribution in [0.2, 0.25) is 0 Å². The van der Waals surface area contributed by atoms with E-state index in [2.05, 4.69) is 20.5 Å². The van der Waals surface area contributed by atoms with Gasteiger partial charge >= 0.3 is 6.18 Å². The maximum absolute atomic E-state index is 12.3. The van der Waals surface area contributed by atoms with Gasteiger partial charge in [-0.3, -0.25) is 9.89 Å². The second-order valence-electron chi connectivity index (χ2n) is 6.11. The minimum atomic E-state index is -4.15. The fourth-order valence-electron chi connectivity index (χ4n) is 3.00. The number of rotatable bonds is 6. The number of halogens is 3. The van der Waals surface area contributed by atoms with Gasteiger partial charge in [0.2, 0.25) is 0 Å². The summed E-state index contributed by atoms with van der Waals surface area (Å²) in [6.07, 6.45) is -3.95. The van der Waals surface area contributed by atoms with Crippen LogP contribution in [0, 0.1) is 0 Å². The van der Waals surface area contributed by atoms with Gasteiger partial charge in [-0.25, -0.2) is 0 Å². The molecule has 0 radical (unpaired) electrons. The number of thioether (sulfide) groups is 1. The van der Waals surface area contributed by atoms with E-state index in [9.17, 15) is 13.2 Å². The lowest BCUT2D eigenvalue weighted by Crippen LogP contribution is -2.56. The van der Waals surface area contributed by atoms with Crippen LogP contribution < -0.4 is 10.6 Å². The number of nitrogens with zero attached hydrogens (tertiary/aromatic N) is 2. The van der Waals surface area contributed by atoms with E-state index in [1.54, 1.807) is 0 Å². The van der Waals surface area contributed by atoms with Gasteiger partial charge < -0.3 is 15.4 Å². The lowest BCUT2D eigenvalue weighted by Gasteiger charge is -2.42. The highest BCUT2D eigenvalue weighted by molar-refractivity contribution is 7.99. The van der Waals surface area contributed by atoms with Crippen LogP contribution in [0.5, 0.6) is 0 Å². The summed E-state index contributed by atoms with van der Waals surface area (Å²) in [6, 6.07) is 0. The van der Waals surface area contributed by atoms with Crippen LogP contribution in [-0.4, -0.2) is 80.0 Å². The van der Waals surface area contributed by atoms with Crippen LogP contribution in [-0.2, 0) is 4.74 Å². The number of nitrogens with one attached hydrogen (secondary N) is 2. The molecule has 2 aliphatic heterocycles. The molecule has 0 spiro atoms. The highest BCUT2D eigenvalue weighted by atomic mass is 32.2. The largest absolute Gasteiger partial charge is 0.390 e. The third-order valence-corrected chi connectivity index (χ3v) is 5.58. The van der Waals surface area contributed by atoms with Crippen LogP contribution in [0.15, 0.2) is 4.99 Å². The van der Waals surface area contributed by atoms with E-state index in [1.165, 1.54) is 0 Å². The maximum atomic E-state index is 12.3. The van der Waals surface area contributed by atoms with Crippen molar-refractivity contribution in [1.82, 2.24) is 15.5 Å². The molecule has 1 atom stereocenters. The zero-order valence-corrected chi connectivity index (χ0v) is 14.9. The van der Waals surface area contributed by atoms with Crippen molar-refractivity contribution < 1.29 is 17.9 Å². The van der Waals surface area contributed by atoms with Crippen LogP contribution >= 0.6 is 11.8 Å². The number of hydrogen-bond acceptors (Lipinski definition) is 4. The topological polar surface area (TPSA) is 48.9 Å². The molecular formula is C15H27F3N4OS. The second-order valence-corrected chi connectivity index (χ2v) is 7.22. The molecule has 2 rings (SSSR count). The van der Waals surface area contributed by atoms with Gasteiger partial charge in [-0.15, -0.1) is 0 Å². The molecule has 0 amide bonds. The Morgan fingerprint density at radius 1 is 1.29 bits per heavy atom.